The Bertz CT molecular complexity index is 592. The van der Waals surface area contributed by atoms with E-state index in [1.165, 1.54) is 0 Å². The summed E-state index contributed by atoms with van der Waals surface area (Å²) in [5.74, 6) is -1.39. The predicted octanol–water partition coefficient (Wildman–Crippen LogP) is 2.57. The molecule has 1 aliphatic carbocycles. The van der Waals surface area contributed by atoms with Gasteiger partial charge in [-0.2, -0.15) is 0 Å². The second-order valence-corrected chi connectivity index (χ2v) is 6.56. The van der Waals surface area contributed by atoms with Crippen molar-refractivity contribution in [2.24, 2.45) is 11.3 Å². The molecule has 3 rings (SSSR count). The van der Waals surface area contributed by atoms with Gasteiger partial charge in [-0.05, 0) is 36.3 Å². The van der Waals surface area contributed by atoms with Gasteiger partial charge in [0.05, 0.1) is 17.5 Å². The first kappa shape index (κ1) is 13.8. The monoisotopic (exact) mass is 287 g/mol. The summed E-state index contributed by atoms with van der Waals surface area (Å²) >= 11 is 0. The molecule has 1 aliphatic heterocycles. The van der Waals surface area contributed by atoms with E-state index in [-0.39, 0.29) is 28.9 Å². The first-order chi connectivity index (χ1) is 9.87. The number of hydroxylamine groups is 2. The molecule has 1 aromatic carbocycles. The largest absolute Gasteiger partial charge is 0.333 e. The standard InChI is InChI=1S/C16H17NO4/c1-16(2)8-10(9-16)7-13(18)21-17-14(19)11-5-3-4-6-12(11)15(17)20/h3-6,10H,7-9H2,1-2H3. The Morgan fingerprint density at radius 2 is 1.71 bits per heavy atom. The van der Waals surface area contributed by atoms with E-state index in [9.17, 15) is 14.4 Å². The van der Waals surface area contributed by atoms with Crippen LogP contribution in [0.1, 0.15) is 53.8 Å². The molecule has 1 heterocycles. The highest BCUT2D eigenvalue weighted by atomic mass is 16.7. The highest BCUT2D eigenvalue weighted by Gasteiger charge is 2.41. The van der Waals surface area contributed by atoms with Gasteiger partial charge in [0, 0.05) is 0 Å². The molecule has 0 atom stereocenters. The van der Waals surface area contributed by atoms with Crippen LogP contribution in [0.3, 0.4) is 0 Å². The maximum Gasteiger partial charge on any atom is 0.333 e. The van der Waals surface area contributed by atoms with Gasteiger partial charge >= 0.3 is 5.97 Å². The molecule has 0 spiro atoms. The van der Waals surface area contributed by atoms with E-state index >= 15 is 0 Å². The minimum absolute atomic E-state index is 0.247. The molecule has 1 fully saturated rings. The van der Waals surface area contributed by atoms with Crippen LogP contribution in [-0.4, -0.2) is 22.8 Å². The molecule has 2 amide bonds. The van der Waals surface area contributed by atoms with Gasteiger partial charge in [-0.1, -0.05) is 31.0 Å². The molecule has 5 nitrogen and oxygen atoms in total. The van der Waals surface area contributed by atoms with Crippen molar-refractivity contribution in [2.45, 2.75) is 33.1 Å². The van der Waals surface area contributed by atoms with E-state index in [0.29, 0.717) is 5.06 Å². The number of benzene rings is 1. The Morgan fingerprint density at radius 1 is 1.19 bits per heavy atom. The molecule has 1 aromatic rings. The second kappa shape index (κ2) is 4.69. The Morgan fingerprint density at radius 3 is 2.19 bits per heavy atom. The SMILES string of the molecule is CC1(C)CC(CC(=O)ON2C(=O)c3ccccc3C2=O)C1. The van der Waals surface area contributed by atoms with Gasteiger partial charge in [-0.15, -0.1) is 0 Å². The molecular formula is C16H17NO4. The van der Waals surface area contributed by atoms with Crippen LogP contribution in [0.2, 0.25) is 0 Å². The van der Waals surface area contributed by atoms with Crippen LogP contribution < -0.4 is 0 Å². The summed E-state index contributed by atoms with van der Waals surface area (Å²) in [7, 11) is 0. The lowest BCUT2D eigenvalue weighted by Gasteiger charge is -2.42. The molecule has 0 saturated heterocycles. The van der Waals surface area contributed by atoms with Gasteiger partial charge in [0.2, 0.25) is 0 Å². The molecule has 5 heteroatoms. The Labute approximate surface area is 122 Å². The van der Waals surface area contributed by atoms with Crippen LogP contribution in [0.5, 0.6) is 0 Å². The number of carbonyl (C=O) groups is 3. The third kappa shape index (κ3) is 2.44. The molecule has 1 saturated carbocycles. The number of rotatable bonds is 3. The molecule has 0 N–H and O–H groups in total. The van der Waals surface area contributed by atoms with Gasteiger partial charge in [0.25, 0.3) is 11.8 Å². The number of imide groups is 1. The van der Waals surface area contributed by atoms with Gasteiger partial charge in [0.1, 0.15) is 0 Å². The summed E-state index contributed by atoms with van der Waals surface area (Å²) in [4.78, 5) is 41.0. The predicted molar refractivity (Wildman–Crippen MR) is 74.2 cm³/mol. The summed E-state index contributed by atoms with van der Waals surface area (Å²) in [6.45, 7) is 4.30. The van der Waals surface area contributed by atoms with E-state index in [1.807, 2.05) is 0 Å². The van der Waals surface area contributed by atoms with E-state index in [1.54, 1.807) is 24.3 Å². The quantitative estimate of drug-likeness (QED) is 0.801. The van der Waals surface area contributed by atoms with E-state index in [0.717, 1.165) is 12.8 Å². The van der Waals surface area contributed by atoms with Crippen LogP contribution in [0, 0.1) is 11.3 Å². The van der Waals surface area contributed by atoms with Gasteiger partial charge < -0.3 is 4.84 Å². The topological polar surface area (TPSA) is 63.7 Å². The zero-order valence-electron chi connectivity index (χ0n) is 12.1. The molecule has 0 aromatic heterocycles. The lowest BCUT2D eigenvalue weighted by Crippen LogP contribution is -2.37. The fraction of sp³-hybridized carbons (Fsp3) is 0.438. The number of nitrogens with zero attached hydrogens (tertiary/aromatic N) is 1. The minimum atomic E-state index is -0.571. The maximum atomic E-state index is 12.0. The number of fused-ring (bicyclic) bond motifs is 1. The fourth-order valence-corrected chi connectivity index (χ4v) is 3.27. The molecule has 0 unspecified atom stereocenters. The molecule has 21 heavy (non-hydrogen) atoms. The fourth-order valence-electron chi connectivity index (χ4n) is 3.27. The molecule has 2 aliphatic rings. The molecular weight excluding hydrogens is 270 g/mol. The minimum Gasteiger partial charge on any atom is -0.330 e. The third-order valence-corrected chi connectivity index (χ3v) is 4.09. The van der Waals surface area contributed by atoms with E-state index < -0.39 is 17.8 Å². The first-order valence-electron chi connectivity index (χ1n) is 7.06. The Kier molecular flexibility index (Phi) is 3.08. The number of carbonyl (C=O) groups excluding carboxylic acids is 3. The zero-order chi connectivity index (χ0) is 15.2. The van der Waals surface area contributed by atoms with E-state index in [2.05, 4.69) is 13.8 Å². The summed E-state index contributed by atoms with van der Waals surface area (Å²) < 4.78 is 0. The summed E-state index contributed by atoms with van der Waals surface area (Å²) in [6.07, 6.45) is 2.17. The second-order valence-electron chi connectivity index (χ2n) is 6.56. The highest BCUT2D eigenvalue weighted by Crippen LogP contribution is 2.46. The van der Waals surface area contributed by atoms with Crippen LogP contribution in [-0.2, 0) is 9.63 Å². The van der Waals surface area contributed by atoms with Crippen LogP contribution in [0.15, 0.2) is 24.3 Å². The third-order valence-electron chi connectivity index (χ3n) is 4.09. The van der Waals surface area contributed by atoms with Crippen molar-refractivity contribution in [3.63, 3.8) is 0 Å². The van der Waals surface area contributed by atoms with Crippen molar-refractivity contribution >= 4 is 17.8 Å². The summed E-state index contributed by atoms with van der Waals surface area (Å²) in [5, 5.41) is 0.580. The van der Waals surface area contributed by atoms with E-state index in [4.69, 9.17) is 4.84 Å². The normalized spacial score (nSPS) is 20.2. The van der Waals surface area contributed by atoms with Crippen LogP contribution >= 0.6 is 0 Å². The summed E-state index contributed by atoms with van der Waals surface area (Å²) in [5.41, 5.74) is 0.834. The first-order valence-corrected chi connectivity index (χ1v) is 7.06. The van der Waals surface area contributed by atoms with Crippen molar-refractivity contribution in [2.75, 3.05) is 0 Å². The zero-order valence-corrected chi connectivity index (χ0v) is 12.1. The highest BCUT2D eigenvalue weighted by molar-refractivity contribution is 6.20. The van der Waals surface area contributed by atoms with Gasteiger partial charge in [-0.25, -0.2) is 4.79 Å². The average molecular weight is 287 g/mol. The smallest absolute Gasteiger partial charge is 0.330 e. The maximum absolute atomic E-state index is 12.0. The van der Waals surface area contributed by atoms with Crippen molar-refractivity contribution in [1.29, 1.82) is 0 Å². The number of amides is 2. The van der Waals surface area contributed by atoms with Crippen LogP contribution in [0.4, 0.5) is 0 Å². The van der Waals surface area contributed by atoms with Crippen LogP contribution in [0.25, 0.3) is 0 Å². The van der Waals surface area contributed by atoms with Gasteiger partial charge in [0.15, 0.2) is 0 Å². The number of hydrogen-bond acceptors (Lipinski definition) is 4. The molecule has 110 valence electrons. The van der Waals surface area contributed by atoms with Gasteiger partial charge in [-0.3, -0.25) is 9.59 Å². The lowest BCUT2D eigenvalue weighted by atomic mass is 9.63. The molecule has 0 bridgehead atoms. The van der Waals surface area contributed by atoms with Crippen molar-refractivity contribution < 1.29 is 19.2 Å². The lowest BCUT2D eigenvalue weighted by molar-refractivity contribution is -0.171. The van der Waals surface area contributed by atoms with Crippen molar-refractivity contribution in [3.05, 3.63) is 35.4 Å². The van der Waals surface area contributed by atoms with Crippen molar-refractivity contribution in [1.82, 2.24) is 5.06 Å². The average Bonchev–Trinajstić information content (AvgIpc) is 2.63. The Hall–Kier alpha value is -2.17. The van der Waals surface area contributed by atoms with Crippen molar-refractivity contribution in [3.8, 4) is 0 Å². The number of hydrogen-bond donors (Lipinski definition) is 0. The summed E-state index contributed by atoms with van der Waals surface area (Å²) in [6, 6.07) is 6.45. The molecule has 0 radical (unpaired) electrons. The Balaban J connectivity index is 1.63.